The van der Waals surface area contributed by atoms with Crippen LogP contribution in [0.25, 0.3) is 4.96 Å². The van der Waals surface area contributed by atoms with Crippen molar-refractivity contribution in [3.63, 3.8) is 0 Å². The quantitative estimate of drug-likeness (QED) is 0.498. The van der Waals surface area contributed by atoms with Crippen LogP contribution in [-0.4, -0.2) is 15.3 Å². The van der Waals surface area contributed by atoms with Gasteiger partial charge in [-0.25, -0.2) is 4.98 Å². The van der Waals surface area contributed by atoms with Gasteiger partial charge in [0.05, 0.1) is 17.8 Å². The number of carbonyl (C=O) groups is 1. The molecule has 0 spiro atoms. The van der Waals surface area contributed by atoms with Crippen LogP contribution in [0.15, 0.2) is 64.8 Å². The number of aromatic nitrogens is 2. The third-order valence-corrected chi connectivity index (χ3v) is 5.78. The molecule has 0 fully saturated rings. The third kappa shape index (κ3) is 4.26. The number of nitrogens with zero attached hydrogens (tertiary/aromatic N) is 2. The highest BCUT2D eigenvalue weighted by molar-refractivity contribution is 7.15. The van der Waals surface area contributed by atoms with Gasteiger partial charge in [-0.3, -0.25) is 14.0 Å². The van der Waals surface area contributed by atoms with Gasteiger partial charge in [-0.05, 0) is 31.5 Å². The van der Waals surface area contributed by atoms with Crippen LogP contribution in [0.2, 0.25) is 0 Å². The summed E-state index contributed by atoms with van der Waals surface area (Å²) < 4.78 is 1.60. The molecule has 0 aliphatic carbocycles. The van der Waals surface area contributed by atoms with E-state index in [0.29, 0.717) is 35.0 Å². The lowest BCUT2D eigenvalue weighted by atomic mass is 10.1. The largest absolute Gasteiger partial charge is 0.379 e. The third-order valence-electron chi connectivity index (χ3n) is 4.83. The van der Waals surface area contributed by atoms with Gasteiger partial charge in [0, 0.05) is 29.4 Å². The molecule has 0 saturated carbocycles. The van der Waals surface area contributed by atoms with Crippen LogP contribution in [0.4, 0.5) is 5.69 Å². The van der Waals surface area contributed by atoms with Gasteiger partial charge in [-0.15, -0.1) is 11.3 Å². The summed E-state index contributed by atoms with van der Waals surface area (Å²) in [7, 11) is 0. The molecule has 7 heteroatoms. The number of anilines is 1. The Morgan fingerprint density at radius 1 is 1.07 bits per heavy atom. The Bertz CT molecular complexity index is 1260. The van der Waals surface area contributed by atoms with Gasteiger partial charge < -0.3 is 10.6 Å². The van der Waals surface area contributed by atoms with Crippen molar-refractivity contribution in [2.45, 2.75) is 26.9 Å². The molecule has 2 heterocycles. The second kappa shape index (κ2) is 8.51. The van der Waals surface area contributed by atoms with Crippen molar-refractivity contribution in [2.75, 3.05) is 5.32 Å². The second-order valence-corrected chi connectivity index (χ2v) is 7.98. The van der Waals surface area contributed by atoms with Crippen molar-refractivity contribution < 1.29 is 4.79 Å². The number of thiazole rings is 1. The molecular weight excluding hydrogens is 396 g/mol. The number of amides is 1. The van der Waals surface area contributed by atoms with E-state index in [1.165, 1.54) is 23.0 Å². The molecule has 0 aliphatic rings. The number of aryl methyl sites for hydroxylation is 2. The maximum absolute atomic E-state index is 12.7. The summed E-state index contributed by atoms with van der Waals surface area (Å²) in [5.74, 6) is -0.156. The van der Waals surface area contributed by atoms with E-state index in [1.54, 1.807) is 10.5 Å². The number of para-hydroxylation sites is 1. The molecule has 0 aliphatic heterocycles. The molecule has 2 aromatic carbocycles. The molecule has 0 saturated heterocycles. The van der Waals surface area contributed by atoms with E-state index in [-0.39, 0.29) is 11.5 Å². The van der Waals surface area contributed by atoms with Crippen LogP contribution in [0.1, 0.15) is 32.9 Å². The lowest BCUT2D eigenvalue weighted by molar-refractivity contribution is 0.0951. The van der Waals surface area contributed by atoms with Crippen LogP contribution in [0.3, 0.4) is 0 Å². The Hall–Kier alpha value is -3.45. The van der Waals surface area contributed by atoms with Gasteiger partial charge in [-0.2, -0.15) is 0 Å². The van der Waals surface area contributed by atoms with E-state index >= 15 is 0 Å². The minimum absolute atomic E-state index is 0.0975. The van der Waals surface area contributed by atoms with Crippen molar-refractivity contribution in [2.24, 2.45) is 0 Å². The highest BCUT2D eigenvalue weighted by Crippen LogP contribution is 2.17. The first-order valence-corrected chi connectivity index (χ1v) is 10.5. The summed E-state index contributed by atoms with van der Waals surface area (Å²) in [5.41, 5.74) is 4.89. The van der Waals surface area contributed by atoms with E-state index < -0.39 is 0 Å². The fraction of sp³-hybridized carbons (Fsp3) is 0.174. The predicted molar refractivity (Wildman–Crippen MR) is 120 cm³/mol. The Balaban J connectivity index is 1.47. The first-order valence-electron chi connectivity index (χ1n) is 9.65. The Morgan fingerprint density at radius 2 is 1.83 bits per heavy atom. The zero-order valence-corrected chi connectivity index (χ0v) is 17.6. The topological polar surface area (TPSA) is 75.5 Å². The van der Waals surface area contributed by atoms with E-state index in [9.17, 15) is 9.59 Å². The maximum atomic E-state index is 12.7. The fourth-order valence-corrected chi connectivity index (χ4v) is 4.09. The number of rotatable bonds is 6. The Morgan fingerprint density at radius 3 is 2.63 bits per heavy atom. The second-order valence-electron chi connectivity index (χ2n) is 7.15. The zero-order chi connectivity index (χ0) is 21.1. The monoisotopic (exact) mass is 418 g/mol. The average molecular weight is 419 g/mol. The van der Waals surface area contributed by atoms with E-state index in [2.05, 4.69) is 15.6 Å². The lowest BCUT2D eigenvalue weighted by Gasteiger charge is -2.12. The normalized spacial score (nSPS) is 10.9. The summed E-state index contributed by atoms with van der Waals surface area (Å²) in [6.45, 7) is 4.73. The van der Waals surface area contributed by atoms with E-state index in [4.69, 9.17) is 0 Å². The molecule has 2 aromatic heterocycles. The molecule has 0 bridgehead atoms. The summed E-state index contributed by atoms with van der Waals surface area (Å²) in [6, 6.07) is 16.9. The van der Waals surface area contributed by atoms with Crippen molar-refractivity contribution in [3.05, 3.63) is 98.4 Å². The molecule has 0 radical (unpaired) electrons. The molecule has 4 rings (SSSR count). The molecular formula is C23H22N4O2S. The number of benzene rings is 2. The SMILES string of the molecule is Cc1ccc(CNC(=O)c2ccccc2NCc2cc(=O)n3c(C)csc3n2)cc1. The van der Waals surface area contributed by atoms with Crippen molar-refractivity contribution in [1.29, 1.82) is 0 Å². The molecule has 152 valence electrons. The van der Waals surface area contributed by atoms with Crippen LogP contribution in [-0.2, 0) is 13.1 Å². The van der Waals surface area contributed by atoms with E-state index in [1.807, 2.05) is 61.7 Å². The predicted octanol–water partition coefficient (Wildman–Crippen LogP) is 3.91. The summed E-state index contributed by atoms with van der Waals surface area (Å²) in [6.07, 6.45) is 0. The van der Waals surface area contributed by atoms with Gasteiger partial charge in [-0.1, -0.05) is 42.0 Å². The molecule has 0 atom stereocenters. The van der Waals surface area contributed by atoms with Crippen molar-refractivity contribution >= 4 is 27.9 Å². The van der Waals surface area contributed by atoms with Crippen LogP contribution < -0.4 is 16.2 Å². The number of nitrogens with one attached hydrogen (secondary N) is 2. The molecule has 1 amide bonds. The lowest BCUT2D eigenvalue weighted by Crippen LogP contribution is -2.24. The van der Waals surface area contributed by atoms with Gasteiger partial charge in [0.1, 0.15) is 0 Å². The zero-order valence-electron chi connectivity index (χ0n) is 16.8. The average Bonchev–Trinajstić information content (AvgIpc) is 3.13. The van der Waals surface area contributed by atoms with Crippen molar-refractivity contribution in [1.82, 2.24) is 14.7 Å². The minimum Gasteiger partial charge on any atom is -0.379 e. The molecule has 0 unspecified atom stereocenters. The highest BCUT2D eigenvalue weighted by atomic mass is 32.1. The van der Waals surface area contributed by atoms with Gasteiger partial charge in [0.25, 0.3) is 11.5 Å². The summed E-state index contributed by atoms with van der Waals surface area (Å²) in [4.78, 5) is 30.3. The van der Waals surface area contributed by atoms with Gasteiger partial charge in [0.15, 0.2) is 4.96 Å². The van der Waals surface area contributed by atoms with Crippen LogP contribution in [0, 0.1) is 13.8 Å². The standard InChI is InChI=1S/C23H22N4O2S/c1-15-7-9-17(10-8-15)12-25-22(29)19-5-3-4-6-20(19)24-13-18-11-21(28)27-16(2)14-30-23(27)26-18/h3-11,14,24H,12-13H2,1-2H3,(H,25,29). The van der Waals surface area contributed by atoms with Crippen molar-refractivity contribution in [3.8, 4) is 0 Å². The number of hydrogen-bond donors (Lipinski definition) is 2. The Labute approximate surface area is 178 Å². The fourth-order valence-electron chi connectivity index (χ4n) is 3.20. The molecule has 30 heavy (non-hydrogen) atoms. The van der Waals surface area contributed by atoms with Crippen LogP contribution in [0.5, 0.6) is 0 Å². The molecule has 4 aromatic rings. The summed E-state index contributed by atoms with van der Waals surface area (Å²) in [5, 5.41) is 8.12. The van der Waals surface area contributed by atoms with Gasteiger partial charge in [0.2, 0.25) is 0 Å². The van der Waals surface area contributed by atoms with E-state index in [0.717, 1.165) is 11.3 Å². The Kier molecular flexibility index (Phi) is 5.63. The van der Waals surface area contributed by atoms with Crippen LogP contribution >= 0.6 is 11.3 Å². The maximum Gasteiger partial charge on any atom is 0.259 e. The number of carbonyl (C=O) groups excluding carboxylic acids is 1. The molecule has 2 N–H and O–H groups in total. The first kappa shape index (κ1) is 19.8. The molecule has 6 nitrogen and oxygen atoms in total. The first-order chi connectivity index (χ1) is 14.5. The van der Waals surface area contributed by atoms with Gasteiger partial charge >= 0.3 is 0 Å². The summed E-state index contributed by atoms with van der Waals surface area (Å²) >= 11 is 1.44. The number of hydrogen-bond acceptors (Lipinski definition) is 5. The highest BCUT2D eigenvalue weighted by Gasteiger charge is 2.12. The number of fused-ring (bicyclic) bond motifs is 1. The minimum atomic E-state index is -0.156. The smallest absolute Gasteiger partial charge is 0.259 e.